The van der Waals surface area contributed by atoms with E-state index in [-0.39, 0.29) is 11.9 Å². The van der Waals surface area contributed by atoms with Gasteiger partial charge in [-0.05, 0) is 31.9 Å². The number of rotatable bonds is 2. The van der Waals surface area contributed by atoms with Crippen LogP contribution in [0.15, 0.2) is 12.1 Å². The number of hydrogen-bond acceptors (Lipinski definition) is 5. The maximum absolute atomic E-state index is 11.2. The molecule has 0 aromatic carbocycles. The average molecular weight is 275 g/mol. The van der Waals surface area contributed by atoms with Gasteiger partial charge in [0.15, 0.2) is 5.65 Å². The lowest BCUT2D eigenvalue weighted by Crippen LogP contribution is -2.39. The number of carboxylic acids is 1. The number of aliphatic carboxylic acids is 1. The van der Waals surface area contributed by atoms with Crippen molar-refractivity contribution >= 4 is 23.3 Å². The molecule has 0 amide bonds. The van der Waals surface area contributed by atoms with Crippen molar-refractivity contribution in [3.05, 3.63) is 17.8 Å². The number of nitrogens with two attached hydrogens (primary N) is 1. The van der Waals surface area contributed by atoms with Gasteiger partial charge >= 0.3 is 5.97 Å². The third-order valence-electron chi connectivity index (χ3n) is 3.84. The largest absolute Gasteiger partial charge is 0.481 e. The molecule has 1 atom stereocenters. The molecule has 2 aromatic heterocycles. The first-order valence-electron chi connectivity index (χ1n) is 6.66. The van der Waals surface area contributed by atoms with Crippen molar-refractivity contribution in [2.45, 2.75) is 19.8 Å². The monoisotopic (exact) mass is 275 g/mol. The number of fused-ring (bicyclic) bond motifs is 1. The van der Waals surface area contributed by atoms with E-state index < -0.39 is 5.97 Å². The predicted molar refractivity (Wildman–Crippen MR) is 74.7 cm³/mol. The van der Waals surface area contributed by atoms with Crippen LogP contribution in [0, 0.1) is 12.8 Å². The summed E-state index contributed by atoms with van der Waals surface area (Å²) in [5.41, 5.74) is 8.24. The zero-order valence-corrected chi connectivity index (χ0v) is 11.3. The minimum atomic E-state index is -0.724. The summed E-state index contributed by atoms with van der Waals surface area (Å²) in [6.45, 7) is 3.34. The number of piperidine rings is 1. The normalized spacial score (nSPS) is 19.4. The van der Waals surface area contributed by atoms with Crippen LogP contribution in [0.2, 0.25) is 0 Å². The van der Waals surface area contributed by atoms with Gasteiger partial charge in [-0.15, -0.1) is 5.10 Å². The Labute approximate surface area is 116 Å². The summed E-state index contributed by atoms with van der Waals surface area (Å²) in [5.74, 6) is -0.787. The summed E-state index contributed by atoms with van der Waals surface area (Å²) in [6.07, 6.45) is 1.62. The molecule has 0 saturated carbocycles. The lowest BCUT2D eigenvalue weighted by atomic mass is 9.97. The Morgan fingerprint density at radius 1 is 1.50 bits per heavy atom. The van der Waals surface area contributed by atoms with Crippen LogP contribution in [-0.4, -0.2) is 38.8 Å². The Morgan fingerprint density at radius 2 is 2.30 bits per heavy atom. The maximum atomic E-state index is 11.2. The summed E-state index contributed by atoms with van der Waals surface area (Å²) in [4.78, 5) is 17.4. The fourth-order valence-corrected chi connectivity index (χ4v) is 2.81. The van der Waals surface area contributed by atoms with E-state index >= 15 is 0 Å². The van der Waals surface area contributed by atoms with E-state index in [0.717, 1.165) is 30.8 Å². The Balaban J connectivity index is 1.97. The number of pyridine rings is 1. The van der Waals surface area contributed by atoms with Crippen molar-refractivity contribution in [1.29, 1.82) is 0 Å². The number of aryl methyl sites for hydroxylation is 1. The third kappa shape index (κ3) is 2.04. The fraction of sp³-hybridized carbons (Fsp3) is 0.462. The second-order valence-corrected chi connectivity index (χ2v) is 5.17. The number of anilines is 2. The summed E-state index contributed by atoms with van der Waals surface area (Å²) in [5, 5.41) is 13.3. The molecule has 0 radical (unpaired) electrons. The van der Waals surface area contributed by atoms with Gasteiger partial charge in [0, 0.05) is 13.1 Å². The highest BCUT2D eigenvalue weighted by atomic mass is 16.4. The standard InChI is InChI=1S/C13H17N5O2/c1-8-10(4-5-11-15-13(14)16-18(8)11)17-6-2-3-9(7-17)12(19)20/h4-5,9H,2-3,6-7H2,1H3,(H2,14,16)(H,19,20). The van der Waals surface area contributed by atoms with E-state index in [1.165, 1.54) is 0 Å². The molecule has 1 aliphatic rings. The molecule has 20 heavy (non-hydrogen) atoms. The predicted octanol–water partition coefficient (Wildman–Crippen LogP) is 0.921. The van der Waals surface area contributed by atoms with Gasteiger partial charge in [0.25, 0.3) is 0 Å². The number of nitrogens with zero attached hydrogens (tertiary/aromatic N) is 4. The summed E-state index contributed by atoms with van der Waals surface area (Å²) in [6, 6.07) is 3.82. The highest BCUT2D eigenvalue weighted by Crippen LogP contribution is 2.26. The van der Waals surface area contributed by atoms with Crippen LogP contribution in [0.4, 0.5) is 11.6 Å². The molecule has 3 heterocycles. The molecule has 0 aliphatic carbocycles. The van der Waals surface area contributed by atoms with Gasteiger partial charge in [0.05, 0.1) is 17.3 Å². The molecule has 7 heteroatoms. The minimum Gasteiger partial charge on any atom is -0.481 e. The Bertz CT molecular complexity index is 666. The smallest absolute Gasteiger partial charge is 0.308 e. The molecule has 1 fully saturated rings. The molecule has 0 bridgehead atoms. The first-order chi connectivity index (χ1) is 9.56. The molecule has 106 valence electrons. The average Bonchev–Trinajstić information content (AvgIpc) is 2.81. The maximum Gasteiger partial charge on any atom is 0.308 e. The van der Waals surface area contributed by atoms with E-state index in [0.29, 0.717) is 12.2 Å². The van der Waals surface area contributed by atoms with Crippen LogP contribution in [0.3, 0.4) is 0 Å². The summed E-state index contributed by atoms with van der Waals surface area (Å²) in [7, 11) is 0. The highest BCUT2D eigenvalue weighted by Gasteiger charge is 2.26. The molecular formula is C13H17N5O2. The fourth-order valence-electron chi connectivity index (χ4n) is 2.81. The van der Waals surface area contributed by atoms with E-state index in [4.69, 9.17) is 5.73 Å². The van der Waals surface area contributed by atoms with Crippen LogP contribution >= 0.6 is 0 Å². The Morgan fingerprint density at radius 3 is 3.05 bits per heavy atom. The first kappa shape index (κ1) is 12.7. The molecule has 0 spiro atoms. The molecule has 1 aliphatic heterocycles. The topological polar surface area (TPSA) is 96.8 Å². The van der Waals surface area contributed by atoms with Crippen molar-refractivity contribution < 1.29 is 9.90 Å². The van der Waals surface area contributed by atoms with Gasteiger partial charge in [-0.25, -0.2) is 4.52 Å². The highest BCUT2D eigenvalue weighted by molar-refractivity contribution is 5.71. The SMILES string of the molecule is Cc1c(N2CCCC(C(=O)O)C2)ccc2nc(N)nn12. The van der Waals surface area contributed by atoms with E-state index in [9.17, 15) is 9.90 Å². The van der Waals surface area contributed by atoms with Crippen molar-refractivity contribution in [1.82, 2.24) is 14.6 Å². The lowest BCUT2D eigenvalue weighted by Gasteiger charge is -2.33. The molecule has 1 unspecified atom stereocenters. The quantitative estimate of drug-likeness (QED) is 0.846. The molecule has 7 nitrogen and oxygen atoms in total. The van der Waals surface area contributed by atoms with Crippen LogP contribution in [0.25, 0.3) is 5.65 Å². The summed E-state index contributed by atoms with van der Waals surface area (Å²) < 4.78 is 1.70. The van der Waals surface area contributed by atoms with Gasteiger partial charge in [-0.2, -0.15) is 4.98 Å². The Hall–Kier alpha value is -2.31. The summed E-state index contributed by atoms with van der Waals surface area (Å²) >= 11 is 0. The number of nitrogen functional groups attached to an aromatic ring is 1. The van der Waals surface area contributed by atoms with Crippen molar-refractivity contribution in [3.63, 3.8) is 0 Å². The van der Waals surface area contributed by atoms with Gasteiger partial charge < -0.3 is 15.7 Å². The number of hydrogen-bond donors (Lipinski definition) is 2. The lowest BCUT2D eigenvalue weighted by molar-refractivity contribution is -0.141. The molecule has 3 rings (SSSR count). The number of carboxylic acid groups (broad SMARTS) is 1. The second-order valence-electron chi connectivity index (χ2n) is 5.17. The molecule has 3 N–H and O–H groups in total. The van der Waals surface area contributed by atoms with Gasteiger partial charge in [0.1, 0.15) is 0 Å². The Kier molecular flexibility index (Phi) is 2.96. The first-order valence-corrected chi connectivity index (χ1v) is 6.66. The zero-order chi connectivity index (χ0) is 14.3. The van der Waals surface area contributed by atoms with Crippen molar-refractivity contribution in [2.24, 2.45) is 5.92 Å². The third-order valence-corrected chi connectivity index (χ3v) is 3.84. The van der Waals surface area contributed by atoms with E-state index in [1.54, 1.807) is 4.52 Å². The molecule has 2 aromatic rings. The molecular weight excluding hydrogens is 258 g/mol. The van der Waals surface area contributed by atoms with Crippen molar-refractivity contribution in [2.75, 3.05) is 23.7 Å². The van der Waals surface area contributed by atoms with Crippen molar-refractivity contribution in [3.8, 4) is 0 Å². The van der Waals surface area contributed by atoms with Crippen LogP contribution in [0.5, 0.6) is 0 Å². The second kappa shape index (κ2) is 4.66. The number of aromatic nitrogens is 3. The van der Waals surface area contributed by atoms with E-state index in [2.05, 4.69) is 15.0 Å². The van der Waals surface area contributed by atoms with Gasteiger partial charge in [0.2, 0.25) is 5.95 Å². The van der Waals surface area contributed by atoms with Crippen LogP contribution in [0.1, 0.15) is 18.5 Å². The van der Waals surface area contributed by atoms with Crippen LogP contribution in [-0.2, 0) is 4.79 Å². The molecule has 1 saturated heterocycles. The zero-order valence-electron chi connectivity index (χ0n) is 11.3. The van der Waals surface area contributed by atoms with Gasteiger partial charge in [-0.3, -0.25) is 4.79 Å². The van der Waals surface area contributed by atoms with Gasteiger partial charge in [-0.1, -0.05) is 0 Å². The minimum absolute atomic E-state index is 0.243. The van der Waals surface area contributed by atoms with E-state index in [1.807, 2.05) is 19.1 Å². The van der Waals surface area contributed by atoms with Crippen LogP contribution < -0.4 is 10.6 Å². The number of carbonyl (C=O) groups is 1.